The van der Waals surface area contributed by atoms with E-state index in [2.05, 4.69) is 18.4 Å². The van der Waals surface area contributed by atoms with Crippen LogP contribution in [0.2, 0.25) is 10.0 Å². The van der Waals surface area contributed by atoms with E-state index in [1.807, 2.05) is 18.7 Å². The molecular formula is C13H18Cl2N2O3S2. The lowest BCUT2D eigenvalue weighted by Crippen LogP contribution is -2.30. The maximum atomic E-state index is 9.43. The van der Waals surface area contributed by atoms with Gasteiger partial charge in [-0.3, -0.25) is 4.79 Å². The van der Waals surface area contributed by atoms with Gasteiger partial charge in [-0.25, -0.2) is 0 Å². The molecule has 1 amide bonds. The number of nitrogens with two attached hydrogens (primary N) is 1. The number of hydrogen-bond donors (Lipinski definition) is 3. The SMILES string of the molecule is CCN(CC)C(=S)OCc1cc(Cl)c(O)c(Cl)c1.NC(=O)S. The first-order chi connectivity index (χ1) is 10.2. The third-order valence-electron chi connectivity index (χ3n) is 2.46. The van der Waals surface area contributed by atoms with Crippen LogP contribution in [0.25, 0.3) is 0 Å². The Labute approximate surface area is 150 Å². The minimum absolute atomic E-state index is 0.117. The van der Waals surface area contributed by atoms with E-state index in [-0.39, 0.29) is 22.4 Å². The molecule has 0 saturated carbocycles. The number of nitrogens with zero attached hydrogens (tertiary/aromatic N) is 1. The first-order valence-corrected chi connectivity index (χ1v) is 7.90. The number of hydrogen-bond acceptors (Lipinski definition) is 4. The van der Waals surface area contributed by atoms with Crippen LogP contribution in [-0.4, -0.2) is 33.5 Å². The molecule has 0 fully saturated rings. The van der Waals surface area contributed by atoms with Crippen molar-refractivity contribution < 1.29 is 14.6 Å². The molecule has 1 rings (SSSR count). The zero-order valence-corrected chi connectivity index (χ0v) is 15.4. The average Bonchev–Trinajstić information content (AvgIpc) is 2.43. The lowest BCUT2D eigenvalue weighted by molar-refractivity contribution is 0.238. The van der Waals surface area contributed by atoms with Crippen molar-refractivity contribution in [1.29, 1.82) is 0 Å². The summed E-state index contributed by atoms with van der Waals surface area (Å²) in [6.45, 7) is 5.88. The molecule has 0 bridgehead atoms. The van der Waals surface area contributed by atoms with E-state index in [1.165, 1.54) is 0 Å². The number of rotatable bonds is 4. The number of carbonyl (C=O) groups is 1. The smallest absolute Gasteiger partial charge is 0.273 e. The van der Waals surface area contributed by atoms with Crippen molar-refractivity contribution in [2.24, 2.45) is 5.73 Å². The van der Waals surface area contributed by atoms with E-state index in [1.54, 1.807) is 12.1 Å². The summed E-state index contributed by atoms with van der Waals surface area (Å²) >= 11 is 19.9. The number of phenolic OH excluding ortho intramolecular Hbond substituents is 1. The summed E-state index contributed by atoms with van der Waals surface area (Å²) in [5.74, 6) is -0.117. The lowest BCUT2D eigenvalue weighted by atomic mass is 10.2. The van der Waals surface area contributed by atoms with Crippen molar-refractivity contribution in [3.63, 3.8) is 0 Å². The molecule has 0 unspecified atom stereocenters. The van der Waals surface area contributed by atoms with Gasteiger partial charge < -0.3 is 20.5 Å². The molecule has 22 heavy (non-hydrogen) atoms. The molecule has 0 radical (unpaired) electrons. The van der Waals surface area contributed by atoms with Gasteiger partial charge in [0.05, 0.1) is 10.0 Å². The highest BCUT2D eigenvalue weighted by Crippen LogP contribution is 2.32. The second-order valence-corrected chi connectivity index (χ2v) is 5.58. The van der Waals surface area contributed by atoms with Crippen molar-refractivity contribution in [2.45, 2.75) is 20.5 Å². The van der Waals surface area contributed by atoms with Crippen LogP contribution in [0.3, 0.4) is 0 Å². The first kappa shape index (κ1) is 21.1. The van der Waals surface area contributed by atoms with Crippen molar-refractivity contribution in [3.05, 3.63) is 27.7 Å². The van der Waals surface area contributed by atoms with Crippen molar-refractivity contribution >= 4 is 58.5 Å². The van der Waals surface area contributed by atoms with Crippen molar-refractivity contribution in [2.75, 3.05) is 13.1 Å². The Hall–Kier alpha value is -0.890. The van der Waals surface area contributed by atoms with Gasteiger partial charge in [-0.1, -0.05) is 35.8 Å². The molecule has 3 N–H and O–H groups in total. The molecular weight excluding hydrogens is 367 g/mol. The van der Waals surface area contributed by atoms with E-state index >= 15 is 0 Å². The number of phenols is 1. The molecule has 0 atom stereocenters. The van der Waals surface area contributed by atoms with Crippen molar-refractivity contribution in [1.82, 2.24) is 4.90 Å². The minimum Gasteiger partial charge on any atom is -0.505 e. The number of ether oxygens (including phenoxy) is 1. The van der Waals surface area contributed by atoms with Gasteiger partial charge in [0.15, 0.2) is 5.75 Å². The second kappa shape index (κ2) is 10.8. The van der Waals surface area contributed by atoms with E-state index in [9.17, 15) is 5.11 Å². The number of amides is 1. The largest absolute Gasteiger partial charge is 0.505 e. The van der Waals surface area contributed by atoms with Gasteiger partial charge in [-0.15, -0.1) is 0 Å². The van der Waals surface area contributed by atoms with Gasteiger partial charge in [0.1, 0.15) is 6.61 Å². The highest BCUT2D eigenvalue weighted by Gasteiger charge is 2.09. The molecule has 0 heterocycles. The molecule has 0 spiro atoms. The zero-order chi connectivity index (χ0) is 17.3. The number of primary amides is 1. The molecule has 0 saturated heterocycles. The third-order valence-corrected chi connectivity index (χ3v) is 3.41. The monoisotopic (exact) mass is 384 g/mol. The fraction of sp³-hybridized carbons (Fsp3) is 0.385. The quantitative estimate of drug-likeness (QED) is 0.542. The third kappa shape index (κ3) is 7.93. The van der Waals surface area contributed by atoms with E-state index in [4.69, 9.17) is 45.0 Å². The van der Waals surface area contributed by atoms with Gasteiger partial charge >= 0.3 is 0 Å². The molecule has 124 valence electrons. The number of thiol groups is 1. The topological polar surface area (TPSA) is 75.8 Å². The number of benzene rings is 1. The minimum atomic E-state index is -0.639. The summed E-state index contributed by atoms with van der Waals surface area (Å²) in [6, 6.07) is 3.21. The van der Waals surface area contributed by atoms with E-state index in [0.717, 1.165) is 18.7 Å². The lowest BCUT2D eigenvalue weighted by Gasteiger charge is -2.21. The van der Waals surface area contributed by atoms with Crippen LogP contribution in [-0.2, 0) is 11.3 Å². The van der Waals surface area contributed by atoms with Crippen LogP contribution in [0, 0.1) is 0 Å². The van der Waals surface area contributed by atoms with Crippen LogP contribution < -0.4 is 5.73 Å². The predicted molar refractivity (Wildman–Crippen MR) is 97.0 cm³/mol. The summed E-state index contributed by atoms with van der Waals surface area (Å²) in [5, 5.41) is 9.65. The molecule has 5 nitrogen and oxygen atoms in total. The molecule has 1 aromatic carbocycles. The van der Waals surface area contributed by atoms with Gasteiger partial charge in [0.2, 0.25) is 0 Å². The first-order valence-electron chi connectivity index (χ1n) is 6.29. The van der Waals surface area contributed by atoms with Crippen LogP contribution in [0.1, 0.15) is 19.4 Å². The second-order valence-electron chi connectivity index (χ2n) is 3.97. The van der Waals surface area contributed by atoms with E-state index in [0.29, 0.717) is 5.17 Å². The summed E-state index contributed by atoms with van der Waals surface area (Å²) in [7, 11) is 0. The summed E-state index contributed by atoms with van der Waals surface area (Å²) in [5.41, 5.74) is 5.10. The van der Waals surface area contributed by atoms with Gasteiger partial charge in [0, 0.05) is 13.1 Å². The number of aromatic hydroxyl groups is 1. The Morgan fingerprint density at radius 2 is 1.77 bits per heavy atom. The van der Waals surface area contributed by atoms with Gasteiger partial charge in [-0.2, -0.15) is 0 Å². The highest BCUT2D eigenvalue weighted by atomic mass is 35.5. The van der Waals surface area contributed by atoms with Crippen LogP contribution >= 0.6 is 48.0 Å². The Bertz CT molecular complexity index is 499. The Morgan fingerprint density at radius 3 is 2.14 bits per heavy atom. The number of carbonyl (C=O) groups excluding carboxylic acids is 1. The standard InChI is InChI=1S/C12H15Cl2NO2S.CH3NOS/c1-3-15(4-2)12(18)17-7-8-5-9(13)11(16)10(14)6-8;2-1(3)4/h5-6,16H,3-4,7H2,1-2H3;(H3,2,3,4). The number of thiocarbonyl (C=S) groups is 1. The fourth-order valence-electron chi connectivity index (χ4n) is 1.42. The highest BCUT2D eigenvalue weighted by molar-refractivity contribution is 7.96. The molecule has 0 aromatic heterocycles. The summed E-state index contributed by atoms with van der Waals surface area (Å²) in [6.07, 6.45) is 0. The Morgan fingerprint density at radius 1 is 1.36 bits per heavy atom. The normalized spacial score (nSPS) is 9.50. The van der Waals surface area contributed by atoms with Crippen LogP contribution in [0.15, 0.2) is 12.1 Å². The Balaban J connectivity index is 0.000000980. The van der Waals surface area contributed by atoms with Crippen LogP contribution in [0.4, 0.5) is 4.79 Å². The average molecular weight is 385 g/mol. The summed E-state index contributed by atoms with van der Waals surface area (Å²) < 4.78 is 5.48. The predicted octanol–water partition coefficient (Wildman–Crippen LogP) is 3.84. The van der Waals surface area contributed by atoms with Crippen molar-refractivity contribution in [3.8, 4) is 5.75 Å². The molecule has 9 heteroatoms. The molecule has 0 aliphatic heterocycles. The van der Waals surface area contributed by atoms with Crippen LogP contribution in [0.5, 0.6) is 5.75 Å². The van der Waals surface area contributed by atoms with E-state index < -0.39 is 5.24 Å². The van der Waals surface area contributed by atoms with Gasteiger partial charge in [-0.05, 0) is 43.8 Å². The molecule has 0 aliphatic carbocycles. The molecule has 0 aliphatic rings. The Kier molecular flexibility index (Phi) is 10.3. The molecule has 1 aromatic rings. The summed E-state index contributed by atoms with van der Waals surface area (Å²) in [4.78, 5) is 11.0. The maximum absolute atomic E-state index is 9.43. The fourth-order valence-corrected chi connectivity index (χ4v) is 2.27. The van der Waals surface area contributed by atoms with Gasteiger partial charge in [0.25, 0.3) is 10.4 Å². The number of halogens is 2. The maximum Gasteiger partial charge on any atom is 0.273 e. The zero-order valence-electron chi connectivity index (χ0n) is 12.2.